The molecule has 2 aromatic heterocycles. The van der Waals surface area contributed by atoms with E-state index in [1.54, 1.807) is 30.6 Å². The highest BCUT2D eigenvalue weighted by molar-refractivity contribution is 7.15. The lowest BCUT2D eigenvalue weighted by molar-refractivity contribution is 0.413. The zero-order chi connectivity index (χ0) is 19.8. The molecule has 0 amide bonds. The van der Waals surface area contributed by atoms with Crippen LogP contribution in [-0.2, 0) is 0 Å². The van der Waals surface area contributed by atoms with Gasteiger partial charge in [0.25, 0.3) is 0 Å². The number of ether oxygens (including phenoxy) is 1. The first kappa shape index (κ1) is 18.2. The Kier molecular flexibility index (Phi) is 4.72. The van der Waals surface area contributed by atoms with Crippen molar-refractivity contribution in [2.45, 2.75) is 31.7 Å². The number of thiazole rings is 1. The maximum absolute atomic E-state index is 14.9. The highest BCUT2D eigenvalue weighted by Gasteiger charge is 2.26. The average molecular weight is 408 g/mol. The number of fused-ring (bicyclic) bond motifs is 1. The Balaban J connectivity index is 1.75. The molecule has 0 unspecified atom stereocenters. The quantitative estimate of drug-likeness (QED) is 0.426. The number of methoxy groups -OCH3 is 1. The Morgan fingerprint density at radius 2 is 1.90 bits per heavy atom. The van der Waals surface area contributed by atoms with Gasteiger partial charge in [0.05, 0.1) is 18.4 Å². The van der Waals surface area contributed by atoms with Crippen LogP contribution < -0.4 is 10.1 Å². The van der Waals surface area contributed by atoms with Crippen LogP contribution in [0.3, 0.4) is 0 Å². The summed E-state index contributed by atoms with van der Waals surface area (Å²) in [7, 11) is 1.57. The molecule has 0 bridgehead atoms. The number of rotatable bonds is 5. The van der Waals surface area contributed by atoms with Crippen LogP contribution in [0, 0.1) is 5.82 Å². The largest absolute Gasteiger partial charge is 0.496 e. The van der Waals surface area contributed by atoms with E-state index in [-0.39, 0.29) is 5.82 Å². The van der Waals surface area contributed by atoms with Crippen LogP contribution in [0.5, 0.6) is 5.75 Å². The second kappa shape index (κ2) is 7.52. The molecule has 4 aromatic rings. The van der Waals surface area contributed by atoms with Crippen LogP contribution in [0.4, 0.5) is 10.2 Å². The third-order valence-electron chi connectivity index (χ3n) is 5.56. The number of nitrogens with zero attached hydrogens (tertiary/aromatic N) is 2. The predicted molar refractivity (Wildman–Crippen MR) is 116 cm³/mol. The minimum Gasteiger partial charge on any atom is -0.496 e. The van der Waals surface area contributed by atoms with Gasteiger partial charge in [-0.1, -0.05) is 49.2 Å². The van der Waals surface area contributed by atoms with Crippen LogP contribution in [0.25, 0.3) is 27.5 Å². The van der Waals surface area contributed by atoms with Crippen molar-refractivity contribution in [2.75, 3.05) is 12.4 Å². The molecule has 4 nitrogen and oxygen atoms in total. The Hall–Kier alpha value is -2.86. The molecule has 29 heavy (non-hydrogen) atoms. The number of anilines is 1. The first-order valence-electron chi connectivity index (χ1n) is 9.91. The van der Waals surface area contributed by atoms with E-state index in [2.05, 4.69) is 27.2 Å². The van der Waals surface area contributed by atoms with Crippen molar-refractivity contribution in [3.05, 3.63) is 59.7 Å². The minimum atomic E-state index is -0.328. The number of imidazole rings is 1. The minimum absolute atomic E-state index is 0.328. The van der Waals surface area contributed by atoms with E-state index in [9.17, 15) is 4.39 Å². The zero-order valence-electron chi connectivity index (χ0n) is 16.2. The molecule has 6 heteroatoms. The van der Waals surface area contributed by atoms with Gasteiger partial charge in [-0.05, 0) is 30.5 Å². The predicted octanol–water partition coefficient (Wildman–Crippen LogP) is 6.23. The molecular formula is C23H22FN3OS. The van der Waals surface area contributed by atoms with E-state index in [0.29, 0.717) is 23.0 Å². The summed E-state index contributed by atoms with van der Waals surface area (Å²) < 4.78 is 22.5. The van der Waals surface area contributed by atoms with Crippen molar-refractivity contribution < 1.29 is 9.13 Å². The summed E-state index contributed by atoms with van der Waals surface area (Å²) in [5.74, 6) is 1.01. The first-order valence-corrected chi connectivity index (χ1v) is 10.8. The van der Waals surface area contributed by atoms with Crippen LogP contribution in [0.2, 0.25) is 0 Å². The van der Waals surface area contributed by atoms with Crippen LogP contribution >= 0.6 is 11.3 Å². The lowest BCUT2D eigenvalue weighted by Crippen LogP contribution is -2.16. The SMILES string of the molecule is COc1cccc(F)c1-c1nc2scc(-c3ccccc3)n2c1NC1CCCC1. The molecule has 0 saturated heterocycles. The van der Waals surface area contributed by atoms with Gasteiger partial charge >= 0.3 is 0 Å². The van der Waals surface area contributed by atoms with Gasteiger partial charge in [-0.15, -0.1) is 11.3 Å². The fraction of sp³-hybridized carbons (Fsp3) is 0.261. The van der Waals surface area contributed by atoms with Crippen LogP contribution in [0.1, 0.15) is 25.7 Å². The van der Waals surface area contributed by atoms with Gasteiger partial charge < -0.3 is 10.1 Å². The molecule has 0 atom stereocenters. The summed E-state index contributed by atoms with van der Waals surface area (Å²) >= 11 is 1.56. The number of hydrogen-bond acceptors (Lipinski definition) is 4. The van der Waals surface area contributed by atoms with Crippen LogP contribution in [-0.4, -0.2) is 22.5 Å². The topological polar surface area (TPSA) is 38.6 Å². The summed E-state index contributed by atoms with van der Waals surface area (Å²) in [6.07, 6.45) is 4.66. The second-order valence-corrected chi connectivity index (χ2v) is 8.19. The number of halogens is 1. The number of nitrogens with one attached hydrogen (secondary N) is 1. The van der Waals surface area contributed by atoms with Crippen molar-refractivity contribution >= 4 is 22.1 Å². The molecule has 1 fully saturated rings. The fourth-order valence-corrected chi connectivity index (χ4v) is 5.04. The van der Waals surface area contributed by atoms with Crippen LogP contribution in [0.15, 0.2) is 53.9 Å². The van der Waals surface area contributed by atoms with Crippen molar-refractivity contribution in [3.63, 3.8) is 0 Å². The smallest absolute Gasteiger partial charge is 0.196 e. The van der Waals surface area contributed by atoms with E-state index in [0.717, 1.165) is 34.9 Å². The molecule has 1 aliphatic carbocycles. The number of hydrogen-bond donors (Lipinski definition) is 1. The Morgan fingerprint density at radius 3 is 2.66 bits per heavy atom. The molecule has 2 aromatic carbocycles. The zero-order valence-corrected chi connectivity index (χ0v) is 17.0. The monoisotopic (exact) mass is 407 g/mol. The highest BCUT2D eigenvalue weighted by Crippen LogP contribution is 2.41. The normalized spacial score (nSPS) is 14.6. The number of benzene rings is 2. The van der Waals surface area contributed by atoms with Gasteiger partial charge in [-0.25, -0.2) is 9.37 Å². The lowest BCUT2D eigenvalue weighted by atomic mass is 10.1. The van der Waals surface area contributed by atoms with Gasteiger partial charge in [0, 0.05) is 11.4 Å². The molecule has 0 spiro atoms. The maximum atomic E-state index is 14.9. The average Bonchev–Trinajstić information content (AvgIpc) is 3.47. The molecule has 1 saturated carbocycles. The Labute approximate surface area is 173 Å². The molecule has 0 aliphatic heterocycles. The van der Waals surface area contributed by atoms with E-state index in [1.807, 2.05) is 18.2 Å². The molecule has 1 N–H and O–H groups in total. The van der Waals surface area contributed by atoms with Gasteiger partial charge in [-0.3, -0.25) is 4.40 Å². The third-order valence-corrected chi connectivity index (χ3v) is 6.39. The summed E-state index contributed by atoms with van der Waals surface area (Å²) in [5, 5.41) is 5.80. The summed E-state index contributed by atoms with van der Waals surface area (Å²) in [5.41, 5.74) is 3.18. The van der Waals surface area contributed by atoms with Gasteiger partial charge in [0.1, 0.15) is 23.1 Å². The maximum Gasteiger partial charge on any atom is 0.196 e. The van der Waals surface area contributed by atoms with E-state index >= 15 is 0 Å². The van der Waals surface area contributed by atoms with Crippen molar-refractivity contribution in [3.8, 4) is 28.3 Å². The molecule has 0 radical (unpaired) electrons. The Morgan fingerprint density at radius 1 is 1.10 bits per heavy atom. The van der Waals surface area contributed by atoms with Crippen molar-refractivity contribution in [1.29, 1.82) is 0 Å². The lowest BCUT2D eigenvalue weighted by Gasteiger charge is -2.16. The molecule has 5 rings (SSSR count). The van der Waals surface area contributed by atoms with Gasteiger partial charge in [0.2, 0.25) is 0 Å². The molecule has 1 aliphatic rings. The summed E-state index contributed by atoms with van der Waals surface area (Å²) in [6.45, 7) is 0. The van der Waals surface area contributed by atoms with Crippen molar-refractivity contribution in [1.82, 2.24) is 9.38 Å². The standard InChI is InChI=1S/C23H22FN3OS/c1-28-19-13-7-12-17(24)20(19)21-22(25-16-10-5-6-11-16)27-18(14-29-23(27)26-21)15-8-3-2-4-9-15/h2-4,7-9,12-14,16,25H,5-6,10-11H2,1H3. The van der Waals surface area contributed by atoms with Crippen molar-refractivity contribution in [2.24, 2.45) is 0 Å². The van der Waals surface area contributed by atoms with Gasteiger partial charge in [-0.2, -0.15) is 0 Å². The van der Waals surface area contributed by atoms with E-state index in [4.69, 9.17) is 9.72 Å². The first-order chi connectivity index (χ1) is 14.3. The number of aromatic nitrogens is 2. The summed E-state index contributed by atoms with van der Waals surface area (Å²) in [4.78, 5) is 5.68. The van der Waals surface area contributed by atoms with Gasteiger partial charge in [0.15, 0.2) is 4.96 Å². The second-order valence-electron chi connectivity index (χ2n) is 7.36. The van der Waals surface area contributed by atoms with E-state index < -0.39 is 0 Å². The molecule has 148 valence electrons. The third kappa shape index (κ3) is 3.17. The van der Waals surface area contributed by atoms with E-state index in [1.165, 1.54) is 18.9 Å². The highest BCUT2D eigenvalue weighted by atomic mass is 32.1. The summed E-state index contributed by atoms with van der Waals surface area (Å²) in [6, 6.07) is 15.5. The fourth-order valence-electron chi connectivity index (χ4n) is 4.14. The molecular weight excluding hydrogens is 385 g/mol. The molecule has 2 heterocycles. The Bertz CT molecular complexity index is 1150.